The van der Waals surface area contributed by atoms with E-state index in [1.54, 1.807) is 50.2 Å². The number of rotatable bonds is 4. The molecule has 118 valence electrons. The molecule has 2 rings (SSSR count). The Labute approximate surface area is 129 Å². The average Bonchev–Trinajstić information content (AvgIpc) is 2.92. The van der Waals surface area contributed by atoms with Crippen molar-refractivity contribution in [2.24, 2.45) is 0 Å². The van der Waals surface area contributed by atoms with Crippen molar-refractivity contribution in [2.45, 2.75) is 13.0 Å². The maximum atomic E-state index is 12.1. The molecule has 7 heteroatoms. The summed E-state index contributed by atoms with van der Waals surface area (Å²) in [7, 11) is 3.28. The summed E-state index contributed by atoms with van der Waals surface area (Å²) < 4.78 is 0. The molecule has 0 bridgehead atoms. The molecule has 0 aliphatic carbocycles. The van der Waals surface area contributed by atoms with E-state index >= 15 is 0 Å². The van der Waals surface area contributed by atoms with Gasteiger partial charge in [-0.15, -0.1) is 0 Å². The first-order valence-electron chi connectivity index (χ1n) is 7.07. The Balaban J connectivity index is 2.02. The van der Waals surface area contributed by atoms with Gasteiger partial charge in [0.2, 0.25) is 5.91 Å². The summed E-state index contributed by atoms with van der Waals surface area (Å²) in [5.41, 5.74) is 1.19. The first kappa shape index (κ1) is 15.8. The maximum Gasteiger partial charge on any atom is 0.321 e. The van der Waals surface area contributed by atoms with E-state index < -0.39 is 6.04 Å². The summed E-state index contributed by atoms with van der Waals surface area (Å²) in [6.07, 6.45) is 0. The van der Waals surface area contributed by atoms with Crippen LogP contribution < -0.4 is 15.5 Å². The number of hydrogen-bond donors (Lipinski definition) is 2. The van der Waals surface area contributed by atoms with Crippen molar-refractivity contribution in [3.05, 3.63) is 29.8 Å². The number of likely N-dealkylation sites (N-methyl/N-ethyl adjacent to an activating group) is 1. The molecule has 1 unspecified atom stereocenters. The Morgan fingerprint density at radius 3 is 2.41 bits per heavy atom. The minimum absolute atomic E-state index is 0.137. The Bertz CT molecular complexity index is 583. The van der Waals surface area contributed by atoms with Crippen molar-refractivity contribution < 1.29 is 14.4 Å². The van der Waals surface area contributed by atoms with Gasteiger partial charge < -0.3 is 15.5 Å². The number of urea groups is 1. The van der Waals surface area contributed by atoms with Crippen LogP contribution in [-0.2, 0) is 4.79 Å². The number of nitrogens with zero attached hydrogens (tertiary/aromatic N) is 2. The molecule has 0 saturated carbocycles. The van der Waals surface area contributed by atoms with Crippen LogP contribution in [0.1, 0.15) is 17.3 Å². The fraction of sp³-hybridized carbons (Fsp3) is 0.400. The lowest BCUT2D eigenvalue weighted by Crippen LogP contribution is -2.44. The minimum Gasteiger partial charge on any atom is -0.347 e. The van der Waals surface area contributed by atoms with Gasteiger partial charge in [0.1, 0.15) is 6.04 Å². The second-order valence-corrected chi connectivity index (χ2v) is 5.36. The van der Waals surface area contributed by atoms with Crippen molar-refractivity contribution >= 4 is 23.5 Å². The number of carbonyl (C=O) groups is 3. The Morgan fingerprint density at radius 2 is 1.91 bits per heavy atom. The molecule has 1 heterocycles. The van der Waals surface area contributed by atoms with E-state index in [4.69, 9.17) is 0 Å². The summed E-state index contributed by atoms with van der Waals surface area (Å²) in [6.45, 7) is 2.87. The molecule has 7 nitrogen and oxygen atoms in total. The molecule has 0 spiro atoms. The van der Waals surface area contributed by atoms with Gasteiger partial charge in [-0.1, -0.05) is 0 Å². The lowest BCUT2D eigenvalue weighted by atomic mass is 10.1. The molecule has 1 aromatic rings. The molecule has 4 amide bonds. The standard InChI is InChI=1S/C15H20N4O3/c1-10(14(21)18(2)3)17-13(20)11-4-6-12(7-5-11)19-9-8-16-15(19)22/h4-7,10H,8-9H2,1-3H3,(H,16,22)(H,17,20). The number of amides is 4. The van der Waals surface area contributed by atoms with Crippen molar-refractivity contribution in [1.82, 2.24) is 15.5 Å². The van der Waals surface area contributed by atoms with Gasteiger partial charge in [0.25, 0.3) is 5.91 Å². The molecule has 22 heavy (non-hydrogen) atoms. The highest BCUT2D eigenvalue weighted by Crippen LogP contribution is 2.17. The summed E-state index contributed by atoms with van der Waals surface area (Å²) >= 11 is 0. The van der Waals surface area contributed by atoms with E-state index in [0.717, 1.165) is 5.69 Å². The zero-order valence-corrected chi connectivity index (χ0v) is 12.9. The molecule has 1 fully saturated rings. The van der Waals surface area contributed by atoms with E-state index in [1.165, 1.54) is 4.90 Å². The quantitative estimate of drug-likeness (QED) is 0.846. The largest absolute Gasteiger partial charge is 0.347 e. The van der Waals surface area contributed by atoms with E-state index in [2.05, 4.69) is 10.6 Å². The highest BCUT2D eigenvalue weighted by Gasteiger charge is 2.22. The van der Waals surface area contributed by atoms with Gasteiger partial charge >= 0.3 is 6.03 Å². The van der Waals surface area contributed by atoms with Gasteiger partial charge in [0, 0.05) is 38.4 Å². The van der Waals surface area contributed by atoms with Gasteiger partial charge in [0.05, 0.1) is 0 Å². The molecule has 1 aromatic carbocycles. The average molecular weight is 304 g/mol. The highest BCUT2D eigenvalue weighted by atomic mass is 16.2. The van der Waals surface area contributed by atoms with E-state index in [-0.39, 0.29) is 17.8 Å². The molecule has 2 N–H and O–H groups in total. The first-order valence-corrected chi connectivity index (χ1v) is 7.07. The molecule has 0 radical (unpaired) electrons. The summed E-state index contributed by atoms with van der Waals surface area (Å²) in [4.78, 5) is 38.5. The maximum absolute atomic E-state index is 12.1. The number of hydrogen-bond acceptors (Lipinski definition) is 3. The van der Waals surface area contributed by atoms with Crippen LogP contribution >= 0.6 is 0 Å². The van der Waals surface area contributed by atoms with Crippen LogP contribution in [0.25, 0.3) is 0 Å². The third-order valence-electron chi connectivity index (χ3n) is 3.46. The van der Waals surface area contributed by atoms with Crippen LogP contribution in [0.5, 0.6) is 0 Å². The topological polar surface area (TPSA) is 81.8 Å². The first-order chi connectivity index (χ1) is 10.4. The molecule has 0 aromatic heterocycles. The molecular weight excluding hydrogens is 284 g/mol. The molecule has 1 atom stereocenters. The van der Waals surface area contributed by atoms with Crippen molar-refractivity contribution in [1.29, 1.82) is 0 Å². The van der Waals surface area contributed by atoms with Crippen LogP contribution in [0.2, 0.25) is 0 Å². The van der Waals surface area contributed by atoms with Gasteiger partial charge in [-0.25, -0.2) is 4.79 Å². The van der Waals surface area contributed by atoms with Crippen molar-refractivity contribution in [2.75, 3.05) is 32.1 Å². The number of benzene rings is 1. The lowest BCUT2D eigenvalue weighted by molar-refractivity contribution is -0.130. The SMILES string of the molecule is CC(NC(=O)c1ccc(N2CCNC2=O)cc1)C(=O)N(C)C. The number of anilines is 1. The number of nitrogens with one attached hydrogen (secondary N) is 2. The van der Waals surface area contributed by atoms with Crippen molar-refractivity contribution in [3.8, 4) is 0 Å². The zero-order chi connectivity index (χ0) is 16.3. The van der Waals surface area contributed by atoms with Crippen LogP contribution in [0.15, 0.2) is 24.3 Å². The van der Waals surface area contributed by atoms with Crippen LogP contribution in [-0.4, -0.2) is 56.0 Å². The minimum atomic E-state index is -0.591. The van der Waals surface area contributed by atoms with E-state index in [1.807, 2.05) is 0 Å². The normalized spacial score (nSPS) is 15.2. The molecule has 1 saturated heterocycles. The summed E-state index contributed by atoms with van der Waals surface area (Å²) in [5, 5.41) is 5.37. The monoisotopic (exact) mass is 304 g/mol. The van der Waals surface area contributed by atoms with Crippen LogP contribution in [0.3, 0.4) is 0 Å². The summed E-state index contributed by atoms with van der Waals surface area (Å²) in [5.74, 6) is -0.487. The molecule has 1 aliphatic rings. The van der Waals surface area contributed by atoms with Crippen LogP contribution in [0.4, 0.5) is 10.5 Å². The predicted octanol–water partition coefficient (Wildman–Crippen LogP) is 0.423. The second kappa shape index (κ2) is 6.46. The second-order valence-electron chi connectivity index (χ2n) is 5.36. The Kier molecular flexibility index (Phi) is 4.65. The lowest BCUT2D eigenvalue weighted by Gasteiger charge is -2.18. The third-order valence-corrected chi connectivity index (χ3v) is 3.46. The smallest absolute Gasteiger partial charge is 0.321 e. The molecular formula is C15H20N4O3. The van der Waals surface area contributed by atoms with Crippen LogP contribution in [0, 0.1) is 0 Å². The van der Waals surface area contributed by atoms with Crippen molar-refractivity contribution in [3.63, 3.8) is 0 Å². The fourth-order valence-corrected chi connectivity index (χ4v) is 2.24. The number of carbonyl (C=O) groups excluding carboxylic acids is 3. The fourth-order valence-electron chi connectivity index (χ4n) is 2.24. The van der Waals surface area contributed by atoms with E-state index in [0.29, 0.717) is 18.7 Å². The third kappa shape index (κ3) is 3.36. The van der Waals surface area contributed by atoms with Gasteiger partial charge in [-0.3, -0.25) is 14.5 Å². The Hall–Kier alpha value is -2.57. The predicted molar refractivity (Wildman–Crippen MR) is 82.8 cm³/mol. The Morgan fingerprint density at radius 1 is 1.27 bits per heavy atom. The highest BCUT2D eigenvalue weighted by molar-refractivity contribution is 5.98. The van der Waals surface area contributed by atoms with E-state index in [9.17, 15) is 14.4 Å². The zero-order valence-electron chi connectivity index (χ0n) is 12.9. The molecule has 1 aliphatic heterocycles. The summed E-state index contributed by atoms with van der Waals surface area (Å²) in [6, 6.07) is 6.00. The van der Waals surface area contributed by atoms with Gasteiger partial charge in [-0.05, 0) is 31.2 Å². The van der Waals surface area contributed by atoms with Gasteiger partial charge in [0.15, 0.2) is 0 Å². The van der Waals surface area contributed by atoms with Gasteiger partial charge in [-0.2, -0.15) is 0 Å².